The van der Waals surface area contributed by atoms with Crippen LogP contribution in [-0.4, -0.2) is 20.1 Å². The lowest BCUT2D eigenvalue weighted by molar-refractivity contribution is 0.00227. The third kappa shape index (κ3) is 2.02. The first-order valence-electron chi connectivity index (χ1n) is 5.78. The Bertz CT molecular complexity index is 352. The normalized spacial score (nSPS) is 22.0. The highest BCUT2D eigenvalue weighted by molar-refractivity contribution is 9.10. The Balaban J connectivity index is 2.27. The van der Waals surface area contributed by atoms with E-state index in [4.69, 9.17) is 0 Å². The van der Waals surface area contributed by atoms with Crippen molar-refractivity contribution >= 4 is 15.9 Å². The van der Waals surface area contributed by atoms with Gasteiger partial charge < -0.3 is 5.11 Å². The van der Waals surface area contributed by atoms with Gasteiger partial charge in [0, 0.05) is 7.05 Å². The minimum atomic E-state index is -0.484. The number of hydrogen-bond acceptors (Lipinski definition) is 3. The number of nitrogens with zero attached hydrogens (tertiary/aromatic N) is 3. The Kier molecular flexibility index (Phi) is 3.35. The summed E-state index contributed by atoms with van der Waals surface area (Å²) in [6, 6.07) is 0. The summed E-state index contributed by atoms with van der Waals surface area (Å²) in [7, 11) is 1.82. The molecule has 16 heavy (non-hydrogen) atoms. The highest BCUT2D eigenvalue weighted by Gasteiger charge is 2.38. The first-order chi connectivity index (χ1) is 7.54. The fourth-order valence-electron chi connectivity index (χ4n) is 2.59. The lowest BCUT2D eigenvalue weighted by Gasteiger charge is -2.37. The van der Waals surface area contributed by atoms with Crippen LogP contribution in [0.1, 0.15) is 50.8 Å². The van der Waals surface area contributed by atoms with Gasteiger partial charge in [0.25, 0.3) is 0 Å². The quantitative estimate of drug-likeness (QED) is 0.910. The maximum atomic E-state index is 10.5. The van der Waals surface area contributed by atoms with Gasteiger partial charge in [-0.1, -0.05) is 31.4 Å². The average Bonchev–Trinajstić information content (AvgIpc) is 2.59. The van der Waals surface area contributed by atoms with Crippen LogP contribution in [0, 0.1) is 5.41 Å². The molecule has 0 saturated heterocycles. The van der Waals surface area contributed by atoms with Crippen molar-refractivity contribution in [3.05, 3.63) is 10.3 Å². The molecule has 0 radical (unpaired) electrons. The summed E-state index contributed by atoms with van der Waals surface area (Å²) in [5.74, 6) is 0. The van der Waals surface area contributed by atoms with Crippen LogP contribution in [-0.2, 0) is 7.05 Å². The van der Waals surface area contributed by atoms with Crippen molar-refractivity contribution in [1.29, 1.82) is 0 Å². The van der Waals surface area contributed by atoms with Gasteiger partial charge in [-0.15, -0.1) is 5.10 Å². The molecule has 0 amide bonds. The van der Waals surface area contributed by atoms with Crippen LogP contribution in [0.15, 0.2) is 4.60 Å². The van der Waals surface area contributed by atoms with Crippen molar-refractivity contribution in [1.82, 2.24) is 15.0 Å². The van der Waals surface area contributed by atoms with E-state index in [1.807, 2.05) is 7.05 Å². The first-order valence-corrected chi connectivity index (χ1v) is 6.57. The topological polar surface area (TPSA) is 50.9 Å². The van der Waals surface area contributed by atoms with E-state index in [1.54, 1.807) is 4.68 Å². The van der Waals surface area contributed by atoms with Gasteiger partial charge in [0.05, 0.1) is 0 Å². The highest BCUT2D eigenvalue weighted by Crippen LogP contribution is 2.46. The van der Waals surface area contributed by atoms with E-state index >= 15 is 0 Å². The third-order valence-corrected chi connectivity index (χ3v) is 4.31. The first kappa shape index (κ1) is 12.0. The van der Waals surface area contributed by atoms with Crippen LogP contribution in [0.5, 0.6) is 0 Å². The van der Waals surface area contributed by atoms with E-state index in [2.05, 4.69) is 33.2 Å². The molecule has 1 saturated carbocycles. The number of rotatable bonds is 2. The SMILES string of the molecule is Cn1nnc(Br)c1C(O)C1(C)CCCCC1. The Morgan fingerprint density at radius 2 is 2.00 bits per heavy atom. The largest absolute Gasteiger partial charge is 0.386 e. The molecule has 4 nitrogen and oxygen atoms in total. The summed E-state index contributed by atoms with van der Waals surface area (Å²) in [6.07, 6.45) is 5.36. The summed E-state index contributed by atoms with van der Waals surface area (Å²) in [4.78, 5) is 0. The lowest BCUT2D eigenvalue weighted by atomic mass is 9.71. The van der Waals surface area contributed by atoms with Crippen molar-refractivity contribution < 1.29 is 5.11 Å². The lowest BCUT2D eigenvalue weighted by Crippen LogP contribution is -2.29. The van der Waals surface area contributed by atoms with Gasteiger partial charge in [0.1, 0.15) is 11.8 Å². The van der Waals surface area contributed by atoms with Gasteiger partial charge in [-0.3, -0.25) is 0 Å². The molecule has 90 valence electrons. The summed E-state index contributed by atoms with van der Waals surface area (Å²) in [5.41, 5.74) is 0.764. The summed E-state index contributed by atoms with van der Waals surface area (Å²) >= 11 is 3.35. The smallest absolute Gasteiger partial charge is 0.154 e. The molecule has 0 spiro atoms. The van der Waals surface area contributed by atoms with Crippen LogP contribution < -0.4 is 0 Å². The molecule has 1 aliphatic rings. The fraction of sp³-hybridized carbons (Fsp3) is 0.818. The minimum absolute atomic E-state index is 0.0315. The summed E-state index contributed by atoms with van der Waals surface area (Å²) in [6.45, 7) is 2.16. The van der Waals surface area contributed by atoms with E-state index in [-0.39, 0.29) is 5.41 Å². The van der Waals surface area contributed by atoms with Crippen LogP contribution in [0.2, 0.25) is 0 Å². The van der Waals surface area contributed by atoms with E-state index in [1.165, 1.54) is 19.3 Å². The van der Waals surface area contributed by atoms with Crippen LogP contribution >= 0.6 is 15.9 Å². The highest BCUT2D eigenvalue weighted by atomic mass is 79.9. The van der Waals surface area contributed by atoms with Gasteiger partial charge in [0.15, 0.2) is 4.60 Å². The predicted molar refractivity (Wildman–Crippen MR) is 64.9 cm³/mol. The molecule has 1 unspecified atom stereocenters. The van der Waals surface area contributed by atoms with Gasteiger partial charge in [-0.2, -0.15) is 0 Å². The van der Waals surface area contributed by atoms with Crippen molar-refractivity contribution in [2.75, 3.05) is 0 Å². The molecule has 0 aromatic carbocycles. The number of halogens is 1. The maximum absolute atomic E-state index is 10.5. The Labute approximate surface area is 104 Å². The molecule has 5 heteroatoms. The molecule has 1 fully saturated rings. The Morgan fingerprint density at radius 1 is 1.38 bits per heavy atom. The van der Waals surface area contributed by atoms with E-state index in [0.29, 0.717) is 4.60 Å². The van der Waals surface area contributed by atoms with Gasteiger partial charge in [0.2, 0.25) is 0 Å². The van der Waals surface area contributed by atoms with Gasteiger partial charge in [-0.25, -0.2) is 4.68 Å². The number of aliphatic hydroxyl groups excluding tert-OH is 1. The number of hydrogen-bond donors (Lipinski definition) is 1. The second-order valence-electron chi connectivity index (χ2n) is 5.01. The van der Waals surface area contributed by atoms with Crippen molar-refractivity contribution in [2.45, 2.75) is 45.1 Å². The van der Waals surface area contributed by atoms with Crippen molar-refractivity contribution in [3.8, 4) is 0 Å². The number of aromatic nitrogens is 3. The zero-order valence-corrected chi connectivity index (χ0v) is 11.4. The zero-order chi connectivity index (χ0) is 11.8. The van der Waals surface area contributed by atoms with E-state index in [0.717, 1.165) is 18.5 Å². The van der Waals surface area contributed by atoms with Crippen molar-refractivity contribution in [2.24, 2.45) is 12.5 Å². The monoisotopic (exact) mass is 287 g/mol. The Hall–Kier alpha value is -0.420. The molecule has 0 bridgehead atoms. The second kappa shape index (κ2) is 4.45. The summed E-state index contributed by atoms with van der Waals surface area (Å²) in [5, 5.41) is 18.4. The molecular formula is C11H18BrN3O. The minimum Gasteiger partial charge on any atom is -0.386 e. The molecule has 1 aromatic rings. The fourth-order valence-corrected chi connectivity index (χ4v) is 3.14. The molecular weight excluding hydrogens is 270 g/mol. The Morgan fingerprint density at radius 3 is 2.50 bits per heavy atom. The van der Waals surface area contributed by atoms with E-state index < -0.39 is 6.10 Å². The second-order valence-corrected chi connectivity index (χ2v) is 5.76. The average molecular weight is 288 g/mol. The van der Waals surface area contributed by atoms with Crippen LogP contribution in [0.3, 0.4) is 0 Å². The molecule has 0 aliphatic heterocycles. The number of aliphatic hydroxyl groups is 1. The summed E-state index contributed by atoms with van der Waals surface area (Å²) < 4.78 is 2.32. The molecule has 1 aromatic heterocycles. The molecule has 1 atom stereocenters. The zero-order valence-electron chi connectivity index (χ0n) is 9.78. The van der Waals surface area contributed by atoms with Gasteiger partial charge >= 0.3 is 0 Å². The number of aryl methyl sites for hydroxylation is 1. The van der Waals surface area contributed by atoms with Crippen LogP contribution in [0.4, 0.5) is 0 Å². The van der Waals surface area contributed by atoms with Crippen molar-refractivity contribution in [3.63, 3.8) is 0 Å². The van der Waals surface area contributed by atoms with E-state index in [9.17, 15) is 5.11 Å². The van der Waals surface area contributed by atoms with Crippen LogP contribution in [0.25, 0.3) is 0 Å². The molecule has 1 aliphatic carbocycles. The molecule has 1 heterocycles. The molecule has 1 N–H and O–H groups in total. The maximum Gasteiger partial charge on any atom is 0.154 e. The molecule has 2 rings (SSSR count). The predicted octanol–water partition coefficient (Wildman–Crippen LogP) is 2.58. The third-order valence-electron chi connectivity index (χ3n) is 3.74. The van der Waals surface area contributed by atoms with Gasteiger partial charge in [-0.05, 0) is 34.2 Å². The standard InChI is InChI=1S/C11H18BrN3O/c1-11(6-4-3-5-7-11)9(16)8-10(12)13-14-15(8)2/h9,16H,3-7H2,1-2H3.